The van der Waals surface area contributed by atoms with E-state index in [2.05, 4.69) is 0 Å². The summed E-state index contributed by atoms with van der Waals surface area (Å²) in [5, 5.41) is -0.383. The van der Waals surface area contributed by atoms with Gasteiger partial charge in [0, 0.05) is 5.02 Å². The van der Waals surface area contributed by atoms with Crippen molar-refractivity contribution in [3.8, 4) is 11.5 Å². The summed E-state index contributed by atoms with van der Waals surface area (Å²) in [5.41, 5.74) is 1.83. The summed E-state index contributed by atoms with van der Waals surface area (Å²) in [5.74, 6) is -0.912. The highest BCUT2D eigenvalue weighted by Gasteiger charge is 2.35. The van der Waals surface area contributed by atoms with Crippen LogP contribution in [0.2, 0.25) is 5.02 Å². The second kappa shape index (κ2) is 11.0. The van der Waals surface area contributed by atoms with Gasteiger partial charge in [0.25, 0.3) is 11.1 Å². The minimum absolute atomic E-state index is 0.000410. The lowest BCUT2D eigenvalue weighted by Crippen LogP contribution is -2.27. The third-order valence-electron chi connectivity index (χ3n) is 5.29. The molecule has 37 heavy (non-hydrogen) atoms. The number of imide groups is 1. The van der Waals surface area contributed by atoms with Crippen LogP contribution in [0.15, 0.2) is 70.5 Å². The maximum absolute atomic E-state index is 13.3. The monoisotopic (exact) mass is 561 g/mol. The average Bonchev–Trinajstić information content (AvgIpc) is 3.10. The Morgan fingerprint density at radius 2 is 1.76 bits per heavy atom. The lowest BCUT2D eigenvalue weighted by atomic mass is 10.1. The van der Waals surface area contributed by atoms with Crippen molar-refractivity contribution >= 4 is 50.7 Å². The number of amides is 2. The maximum atomic E-state index is 13.3. The number of thioether (sulfide) groups is 1. The number of halogens is 2. The molecule has 1 aliphatic heterocycles. The summed E-state index contributed by atoms with van der Waals surface area (Å²) in [7, 11) is -4.10. The SMILES string of the molecule is CCOc1cc(/C=C2\SC(=O)N(Cc3ccc(F)cc3Cl)C2=O)ccc1OS(=O)(=O)c1ccc(C)cc1. The van der Waals surface area contributed by atoms with Crippen molar-refractivity contribution in [3.63, 3.8) is 0 Å². The highest BCUT2D eigenvalue weighted by Crippen LogP contribution is 2.36. The van der Waals surface area contributed by atoms with E-state index in [1.165, 1.54) is 42.5 Å². The van der Waals surface area contributed by atoms with Crippen LogP contribution in [0.4, 0.5) is 9.18 Å². The van der Waals surface area contributed by atoms with E-state index >= 15 is 0 Å². The van der Waals surface area contributed by atoms with E-state index in [4.69, 9.17) is 20.5 Å². The number of rotatable bonds is 8. The van der Waals surface area contributed by atoms with Crippen LogP contribution in [0.1, 0.15) is 23.6 Å². The summed E-state index contributed by atoms with van der Waals surface area (Å²) in [6.45, 7) is 3.71. The highest BCUT2D eigenvalue weighted by atomic mass is 35.5. The van der Waals surface area contributed by atoms with E-state index in [1.54, 1.807) is 25.1 Å². The van der Waals surface area contributed by atoms with E-state index in [-0.39, 0.29) is 39.5 Å². The highest BCUT2D eigenvalue weighted by molar-refractivity contribution is 8.18. The van der Waals surface area contributed by atoms with Gasteiger partial charge >= 0.3 is 10.1 Å². The molecule has 1 heterocycles. The number of nitrogens with zero attached hydrogens (tertiary/aromatic N) is 1. The Hall–Kier alpha value is -3.34. The summed E-state index contributed by atoms with van der Waals surface area (Å²) in [4.78, 5) is 26.6. The third kappa shape index (κ3) is 6.15. The van der Waals surface area contributed by atoms with E-state index in [0.29, 0.717) is 11.1 Å². The quantitative estimate of drug-likeness (QED) is 0.239. The molecule has 1 aliphatic rings. The van der Waals surface area contributed by atoms with Crippen LogP contribution in [0.25, 0.3) is 6.08 Å². The fraction of sp³-hybridized carbons (Fsp3) is 0.154. The van der Waals surface area contributed by atoms with E-state index in [9.17, 15) is 22.4 Å². The van der Waals surface area contributed by atoms with Gasteiger partial charge < -0.3 is 8.92 Å². The zero-order valence-electron chi connectivity index (χ0n) is 19.7. The Kier molecular flexibility index (Phi) is 7.91. The number of hydrogen-bond acceptors (Lipinski definition) is 7. The molecule has 0 unspecified atom stereocenters. The first-order chi connectivity index (χ1) is 17.6. The van der Waals surface area contributed by atoms with E-state index < -0.39 is 27.1 Å². The number of carbonyl (C=O) groups is 2. The van der Waals surface area contributed by atoms with Crippen LogP contribution in [-0.4, -0.2) is 31.1 Å². The minimum Gasteiger partial charge on any atom is -0.490 e. The summed E-state index contributed by atoms with van der Waals surface area (Å²) in [6.07, 6.45) is 1.50. The van der Waals surface area contributed by atoms with Crippen molar-refractivity contribution in [2.45, 2.75) is 25.3 Å². The Morgan fingerprint density at radius 3 is 2.43 bits per heavy atom. The Bertz CT molecular complexity index is 1510. The molecule has 3 aromatic carbocycles. The van der Waals surface area contributed by atoms with Crippen molar-refractivity contribution in [2.24, 2.45) is 0 Å². The van der Waals surface area contributed by atoms with Gasteiger partial charge in [0.1, 0.15) is 10.7 Å². The first-order valence-electron chi connectivity index (χ1n) is 11.0. The molecule has 2 amide bonds. The minimum atomic E-state index is -4.10. The number of ether oxygens (including phenoxy) is 1. The molecule has 0 atom stereocenters. The average molecular weight is 562 g/mol. The molecule has 3 aromatic rings. The van der Waals surface area contributed by atoms with Crippen LogP contribution in [-0.2, 0) is 21.5 Å². The van der Waals surface area contributed by atoms with Crippen LogP contribution < -0.4 is 8.92 Å². The van der Waals surface area contributed by atoms with Crippen LogP contribution in [0.5, 0.6) is 11.5 Å². The second-order valence-corrected chi connectivity index (χ2v) is 10.9. The molecule has 1 fully saturated rings. The normalized spacial score (nSPS) is 14.9. The van der Waals surface area contributed by atoms with Crippen LogP contribution in [0.3, 0.4) is 0 Å². The van der Waals surface area contributed by atoms with E-state index in [0.717, 1.165) is 28.3 Å². The lowest BCUT2D eigenvalue weighted by Gasteiger charge is -2.14. The van der Waals surface area contributed by atoms with Gasteiger partial charge in [-0.3, -0.25) is 14.5 Å². The molecule has 0 saturated carbocycles. The Balaban J connectivity index is 1.57. The van der Waals surface area contributed by atoms with Gasteiger partial charge in [-0.1, -0.05) is 41.4 Å². The van der Waals surface area contributed by atoms with Gasteiger partial charge in [-0.05, 0) is 79.2 Å². The lowest BCUT2D eigenvalue weighted by molar-refractivity contribution is -0.123. The fourth-order valence-corrected chi connectivity index (χ4v) is 5.44. The molecule has 11 heteroatoms. The first kappa shape index (κ1) is 26.7. The summed E-state index contributed by atoms with van der Waals surface area (Å²) < 4.78 is 49.7. The number of hydrogen-bond donors (Lipinski definition) is 0. The fourth-order valence-electron chi connectivity index (χ4n) is 3.43. The largest absolute Gasteiger partial charge is 0.490 e. The zero-order chi connectivity index (χ0) is 26.7. The standard InChI is InChI=1S/C26H21ClFNO6S2/c1-3-34-23-12-17(6-11-22(23)35-37(32,33)20-9-4-16(2)5-10-20)13-24-25(30)29(26(31)36-24)15-18-7-8-19(28)14-21(18)27/h4-14H,3,15H2,1-2H3/b24-13-. The molecule has 1 saturated heterocycles. The molecule has 7 nitrogen and oxygen atoms in total. The summed E-state index contributed by atoms with van der Waals surface area (Å²) >= 11 is 6.79. The van der Waals surface area contributed by atoms with Gasteiger partial charge in [-0.25, -0.2) is 4.39 Å². The van der Waals surface area contributed by atoms with Gasteiger partial charge in [-0.15, -0.1) is 0 Å². The van der Waals surface area contributed by atoms with Crippen molar-refractivity contribution in [1.29, 1.82) is 0 Å². The number of aryl methyl sites for hydroxylation is 1. The Labute approximate surface area is 223 Å². The van der Waals surface area contributed by atoms with Crippen LogP contribution >= 0.6 is 23.4 Å². The zero-order valence-corrected chi connectivity index (χ0v) is 22.1. The van der Waals surface area contributed by atoms with Crippen molar-refractivity contribution in [2.75, 3.05) is 6.61 Å². The molecule has 0 bridgehead atoms. The third-order valence-corrected chi connectivity index (χ3v) is 7.80. The maximum Gasteiger partial charge on any atom is 0.339 e. The van der Waals surface area contributed by atoms with Gasteiger partial charge in [0.15, 0.2) is 11.5 Å². The number of carbonyl (C=O) groups excluding carboxylic acids is 2. The molecule has 0 spiro atoms. The Morgan fingerprint density at radius 1 is 1.03 bits per heavy atom. The molecular formula is C26H21ClFNO6S2. The van der Waals surface area contributed by atoms with Crippen molar-refractivity contribution in [3.05, 3.63) is 93.1 Å². The second-order valence-electron chi connectivity index (χ2n) is 7.99. The molecule has 0 radical (unpaired) electrons. The van der Waals surface area contributed by atoms with Gasteiger partial charge in [0.05, 0.1) is 18.1 Å². The van der Waals surface area contributed by atoms with E-state index in [1.807, 2.05) is 6.92 Å². The first-order valence-corrected chi connectivity index (χ1v) is 13.6. The topological polar surface area (TPSA) is 90.0 Å². The van der Waals surface area contributed by atoms with Crippen LogP contribution in [0, 0.1) is 12.7 Å². The summed E-state index contributed by atoms with van der Waals surface area (Å²) in [6, 6.07) is 14.5. The molecule has 192 valence electrons. The molecule has 4 rings (SSSR count). The predicted molar refractivity (Wildman–Crippen MR) is 140 cm³/mol. The predicted octanol–water partition coefficient (Wildman–Crippen LogP) is 6.19. The van der Waals surface area contributed by atoms with Gasteiger partial charge in [0.2, 0.25) is 0 Å². The molecular weight excluding hydrogens is 541 g/mol. The molecule has 0 aromatic heterocycles. The van der Waals surface area contributed by atoms with Crippen molar-refractivity contribution in [1.82, 2.24) is 4.90 Å². The van der Waals surface area contributed by atoms with Crippen molar-refractivity contribution < 1.29 is 31.3 Å². The van der Waals surface area contributed by atoms with Gasteiger partial charge in [-0.2, -0.15) is 8.42 Å². The number of benzene rings is 3. The smallest absolute Gasteiger partial charge is 0.339 e. The molecule has 0 N–H and O–H groups in total. The molecule has 0 aliphatic carbocycles.